The first-order chi connectivity index (χ1) is 9.71. The number of aliphatic carboxylic acids is 1. The van der Waals surface area contributed by atoms with Crippen molar-refractivity contribution < 1.29 is 9.90 Å². The highest BCUT2D eigenvalue weighted by Gasteiger charge is 2.50. The second-order valence-electron chi connectivity index (χ2n) is 6.72. The highest BCUT2D eigenvalue weighted by molar-refractivity contribution is 5.68. The molecule has 0 amide bonds. The molecule has 1 aromatic carbocycles. The fourth-order valence-corrected chi connectivity index (χ4v) is 4.89. The SMILES string of the molecule is O=C(O)CC1(Cc2ccccc2)C2CCCC1CCC2. The Labute approximate surface area is 121 Å². The summed E-state index contributed by atoms with van der Waals surface area (Å²) in [6.45, 7) is 0. The van der Waals surface area contributed by atoms with Crippen molar-refractivity contribution in [3.63, 3.8) is 0 Å². The van der Waals surface area contributed by atoms with Crippen LogP contribution in [0.3, 0.4) is 0 Å². The van der Waals surface area contributed by atoms with Crippen LogP contribution in [0, 0.1) is 17.3 Å². The molecule has 1 N–H and O–H groups in total. The summed E-state index contributed by atoms with van der Waals surface area (Å²) < 4.78 is 0. The van der Waals surface area contributed by atoms with E-state index in [-0.39, 0.29) is 5.41 Å². The third-order valence-electron chi connectivity index (χ3n) is 5.69. The van der Waals surface area contributed by atoms with E-state index < -0.39 is 5.97 Å². The van der Waals surface area contributed by atoms with Gasteiger partial charge >= 0.3 is 5.97 Å². The van der Waals surface area contributed by atoms with Gasteiger partial charge in [0.1, 0.15) is 0 Å². The average Bonchev–Trinajstić information content (AvgIpc) is 2.38. The van der Waals surface area contributed by atoms with Crippen molar-refractivity contribution >= 4 is 5.97 Å². The van der Waals surface area contributed by atoms with Gasteiger partial charge in [0.15, 0.2) is 0 Å². The first-order valence-electron chi connectivity index (χ1n) is 7.96. The highest BCUT2D eigenvalue weighted by Crippen LogP contribution is 2.56. The number of carboxylic acids is 1. The number of fused-ring (bicyclic) bond motifs is 2. The molecular formula is C18H24O2. The third kappa shape index (κ3) is 2.48. The molecule has 2 aliphatic rings. The molecule has 0 radical (unpaired) electrons. The van der Waals surface area contributed by atoms with E-state index in [9.17, 15) is 9.90 Å². The third-order valence-corrected chi connectivity index (χ3v) is 5.69. The van der Waals surface area contributed by atoms with Crippen molar-refractivity contribution in [1.82, 2.24) is 0 Å². The van der Waals surface area contributed by atoms with E-state index >= 15 is 0 Å². The summed E-state index contributed by atoms with van der Waals surface area (Å²) in [5, 5.41) is 9.46. The van der Waals surface area contributed by atoms with Crippen LogP contribution in [0.15, 0.2) is 30.3 Å². The van der Waals surface area contributed by atoms with Crippen LogP contribution in [0.4, 0.5) is 0 Å². The van der Waals surface area contributed by atoms with Crippen molar-refractivity contribution in [3.05, 3.63) is 35.9 Å². The zero-order valence-corrected chi connectivity index (χ0v) is 12.1. The number of benzene rings is 1. The summed E-state index contributed by atoms with van der Waals surface area (Å²) in [6.07, 6.45) is 8.84. The van der Waals surface area contributed by atoms with E-state index in [2.05, 4.69) is 24.3 Å². The van der Waals surface area contributed by atoms with Crippen LogP contribution >= 0.6 is 0 Å². The minimum Gasteiger partial charge on any atom is -0.481 e. The highest BCUT2D eigenvalue weighted by atomic mass is 16.4. The summed E-state index contributed by atoms with van der Waals surface area (Å²) in [6, 6.07) is 10.5. The van der Waals surface area contributed by atoms with Gasteiger partial charge in [-0.05, 0) is 54.9 Å². The van der Waals surface area contributed by atoms with Gasteiger partial charge in [-0.3, -0.25) is 4.79 Å². The van der Waals surface area contributed by atoms with Gasteiger partial charge in [-0.15, -0.1) is 0 Å². The second kappa shape index (κ2) is 5.59. The van der Waals surface area contributed by atoms with Gasteiger partial charge < -0.3 is 5.11 Å². The van der Waals surface area contributed by atoms with Gasteiger partial charge in [0, 0.05) is 0 Å². The fourth-order valence-electron chi connectivity index (χ4n) is 4.89. The number of carbonyl (C=O) groups is 1. The molecule has 2 fully saturated rings. The van der Waals surface area contributed by atoms with E-state index in [0.717, 1.165) is 6.42 Å². The number of hydrogen-bond donors (Lipinski definition) is 1. The first kappa shape index (κ1) is 13.7. The predicted octanol–water partition coefficient (Wildman–Crippen LogP) is 4.29. The predicted molar refractivity (Wildman–Crippen MR) is 79.5 cm³/mol. The van der Waals surface area contributed by atoms with Gasteiger partial charge in [-0.25, -0.2) is 0 Å². The molecule has 20 heavy (non-hydrogen) atoms. The Balaban J connectivity index is 1.93. The summed E-state index contributed by atoms with van der Waals surface area (Å²) in [7, 11) is 0. The van der Waals surface area contributed by atoms with Gasteiger partial charge in [0.05, 0.1) is 6.42 Å². The maximum Gasteiger partial charge on any atom is 0.303 e. The monoisotopic (exact) mass is 272 g/mol. The minimum absolute atomic E-state index is 0.0175. The van der Waals surface area contributed by atoms with Crippen LogP contribution < -0.4 is 0 Å². The zero-order chi connectivity index (χ0) is 14.0. The smallest absolute Gasteiger partial charge is 0.303 e. The molecule has 2 saturated carbocycles. The lowest BCUT2D eigenvalue weighted by atomic mass is 9.51. The van der Waals surface area contributed by atoms with Crippen LogP contribution in [-0.4, -0.2) is 11.1 Å². The largest absolute Gasteiger partial charge is 0.481 e. The van der Waals surface area contributed by atoms with Crippen molar-refractivity contribution in [2.24, 2.45) is 17.3 Å². The number of rotatable bonds is 4. The molecule has 0 atom stereocenters. The summed E-state index contributed by atoms with van der Waals surface area (Å²) in [5.74, 6) is 0.623. The van der Waals surface area contributed by atoms with Crippen molar-refractivity contribution in [2.45, 2.75) is 51.4 Å². The van der Waals surface area contributed by atoms with E-state index in [0.29, 0.717) is 18.3 Å². The molecule has 0 aromatic heterocycles. The van der Waals surface area contributed by atoms with Crippen LogP contribution in [-0.2, 0) is 11.2 Å². The summed E-state index contributed by atoms with van der Waals surface area (Å²) in [4.78, 5) is 11.5. The fraction of sp³-hybridized carbons (Fsp3) is 0.611. The normalized spacial score (nSPS) is 32.8. The van der Waals surface area contributed by atoms with Gasteiger partial charge in [0.25, 0.3) is 0 Å². The molecule has 0 saturated heterocycles. The van der Waals surface area contributed by atoms with Crippen LogP contribution in [0.1, 0.15) is 50.5 Å². The maximum atomic E-state index is 11.5. The molecule has 0 aliphatic heterocycles. The standard InChI is InChI=1S/C18H24O2/c19-17(20)13-18(12-14-6-2-1-3-7-14)15-8-4-9-16(18)11-5-10-15/h1-3,6-7,15-16H,4-5,8-13H2,(H,19,20). The molecule has 2 aliphatic carbocycles. The molecule has 3 rings (SSSR count). The van der Waals surface area contributed by atoms with E-state index in [1.54, 1.807) is 0 Å². The molecule has 2 heteroatoms. The van der Waals surface area contributed by atoms with E-state index in [4.69, 9.17) is 0 Å². The average molecular weight is 272 g/mol. The van der Waals surface area contributed by atoms with Gasteiger partial charge in [-0.2, -0.15) is 0 Å². The van der Waals surface area contributed by atoms with Crippen LogP contribution in [0.2, 0.25) is 0 Å². The lowest BCUT2D eigenvalue weighted by Crippen LogP contribution is -2.47. The van der Waals surface area contributed by atoms with Crippen molar-refractivity contribution in [1.29, 1.82) is 0 Å². The Hall–Kier alpha value is -1.31. The maximum absolute atomic E-state index is 11.5. The van der Waals surface area contributed by atoms with Crippen molar-refractivity contribution in [3.8, 4) is 0 Å². The van der Waals surface area contributed by atoms with Crippen LogP contribution in [0.25, 0.3) is 0 Å². The topological polar surface area (TPSA) is 37.3 Å². The summed E-state index contributed by atoms with van der Waals surface area (Å²) in [5.41, 5.74) is 1.33. The lowest BCUT2D eigenvalue weighted by Gasteiger charge is -2.53. The quantitative estimate of drug-likeness (QED) is 0.887. The van der Waals surface area contributed by atoms with Crippen LogP contribution in [0.5, 0.6) is 0 Å². The number of hydrogen-bond acceptors (Lipinski definition) is 1. The molecule has 0 heterocycles. The minimum atomic E-state index is -0.611. The first-order valence-corrected chi connectivity index (χ1v) is 7.96. The Bertz CT molecular complexity index is 444. The molecule has 0 spiro atoms. The Morgan fingerprint density at radius 2 is 1.60 bits per heavy atom. The Kier molecular flexibility index (Phi) is 3.82. The van der Waals surface area contributed by atoms with Gasteiger partial charge in [0.2, 0.25) is 0 Å². The molecular weight excluding hydrogens is 248 g/mol. The second-order valence-corrected chi connectivity index (χ2v) is 6.72. The molecule has 2 nitrogen and oxygen atoms in total. The Morgan fingerprint density at radius 3 is 2.10 bits per heavy atom. The Morgan fingerprint density at radius 1 is 1.05 bits per heavy atom. The zero-order valence-electron chi connectivity index (χ0n) is 12.1. The van der Waals surface area contributed by atoms with Crippen molar-refractivity contribution in [2.75, 3.05) is 0 Å². The molecule has 1 aromatic rings. The molecule has 108 valence electrons. The molecule has 2 bridgehead atoms. The summed E-state index contributed by atoms with van der Waals surface area (Å²) >= 11 is 0. The van der Waals surface area contributed by atoms with Gasteiger partial charge in [-0.1, -0.05) is 43.2 Å². The molecule has 0 unspecified atom stereocenters. The number of carboxylic acid groups (broad SMARTS) is 1. The van der Waals surface area contributed by atoms with E-state index in [1.807, 2.05) is 6.07 Å². The van der Waals surface area contributed by atoms with E-state index in [1.165, 1.54) is 44.1 Å². The lowest BCUT2D eigenvalue weighted by molar-refractivity contribution is -0.145.